The second kappa shape index (κ2) is 13.3. The summed E-state index contributed by atoms with van der Waals surface area (Å²) >= 11 is 0. The summed E-state index contributed by atoms with van der Waals surface area (Å²) in [5.41, 5.74) is 7.35. The summed E-state index contributed by atoms with van der Waals surface area (Å²) < 4.78 is 34.8. The van der Waals surface area contributed by atoms with E-state index in [1.165, 1.54) is 46.2 Å². The minimum atomic E-state index is -0.785. The molecule has 0 bridgehead atoms. The van der Waals surface area contributed by atoms with Crippen molar-refractivity contribution in [2.45, 2.75) is 0 Å². The molecule has 0 fully saturated rings. The van der Waals surface area contributed by atoms with E-state index >= 15 is 0 Å². The zero-order valence-corrected chi connectivity index (χ0v) is 25.9. The molecular formula is C35H32N2O9. The van der Waals surface area contributed by atoms with Gasteiger partial charge in [0.15, 0.2) is 35.4 Å². The van der Waals surface area contributed by atoms with Gasteiger partial charge in [-0.05, 0) is 54.1 Å². The Kier molecular flexibility index (Phi) is 9.13. The van der Waals surface area contributed by atoms with Gasteiger partial charge in [0.05, 0.1) is 40.9 Å². The van der Waals surface area contributed by atoms with Gasteiger partial charge >= 0.3 is 5.97 Å². The van der Waals surface area contributed by atoms with E-state index in [1.807, 2.05) is 6.07 Å². The third-order valence-corrected chi connectivity index (χ3v) is 7.41. The fourth-order valence-electron chi connectivity index (χ4n) is 5.21. The maximum Gasteiger partial charge on any atom is 0.355 e. The number of anilines is 1. The van der Waals surface area contributed by atoms with E-state index in [1.54, 1.807) is 66.7 Å². The van der Waals surface area contributed by atoms with E-state index in [0.717, 1.165) is 0 Å². The van der Waals surface area contributed by atoms with Gasteiger partial charge in [0, 0.05) is 27.9 Å². The van der Waals surface area contributed by atoms with Crippen LogP contribution in [-0.2, 0) is 4.74 Å². The lowest BCUT2D eigenvalue weighted by molar-refractivity contribution is 0.0591. The summed E-state index contributed by atoms with van der Waals surface area (Å²) in [6.07, 6.45) is 0. The summed E-state index contributed by atoms with van der Waals surface area (Å²) in [7, 11) is 7.08. The first kappa shape index (κ1) is 31.5. The molecule has 11 heteroatoms. The normalized spacial score (nSPS) is 10.7. The molecule has 5 aromatic rings. The van der Waals surface area contributed by atoms with Gasteiger partial charge in [-0.1, -0.05) is 30.3 Å². The van der Waals surface area contributed by atoms with Crippen molar-refractivity contribution in [1.29, 1.82) is 0 Å². The van der Waals surface area contributed by atoms with Gasteiger partial charge in [-0.25, -0.2) is 4.79 Å². The number of hydrogen-bond donors (Lipinski definition) is 1. The third kappa shape index (κ3) is 5.77. The molecule has 236 valence electrons. The van der Waals surface area contributed by atoms with Crippen molar-refractivity contribution in [3.05, 3.63) is 100 Å². The van der Waals surface area contributed by atoms with E-state index in [0.29, 0.717) is 50.7 Å². The van der Waals surface area contributed by atoms with Crippen LogP contribution in [0.4, 0.5) is 5.69 Å². The second-order valence-electron chi connectivity index (χ2n) is 9.99. The first-order valence-electron chi connectivity index (χ1n) is 14.0. The molecule has 0 aliphatic heterocycles. The average Bonchev–Trinajstić information content (AvgIpc) is 3.09. The van der Waals surface area contributed by atoms with Gasteiger partial charge in [0.1, 0.15) is 5.69 Å². The number of carbonyl (C=O) groups is 2. The third-order valence-electron chi connectivity index (χ3n) is 7.41. The Balaban J connectivity index is 1.86. The smallest absolute Gasteiger partial charge is 0.355 e. The first-order chi connectivity index (χ1) is 22.3. The molecule has 0 spiro atoms. The van der Waals surface area contributed by atoms with Gasteiger partial charge in [0.25, 0.3) is 5.56 Å². The van der Waals surface area contributed by atoms with Gasteiger partial charge in [0.2, 0.25) is 5.75 Å². The maximum atomic E-state index is 14.4. The summed E-state index contributed by atoms with van der Waals surface area (Å²) in [6.45, 7) is -0.308. The van der Waals surface area contributed by atoms with Gasteiger partial charge in [-0.3, -0.25) is 14.2 Å². The molecule has 1 heterocycles. The molecule has 0 atom stereocenters. The molecular weight excluding hydrogens is 592 g/mol. The summed E-state index contributed by atoms with van der Waals surface area (Å²) in [4.78, 5) is 40.9. The number of carbonyl (C=O) groups excluding carboxylic acids is 2. The Bertz CT molecular complexity index is 1960. The Morgan fingerprint density at radius 3 is 1.89 bits per heavy atom. The van der Waals surface area contributed by atoms with Crippen LogP contribution in [0, 0.1) is 0 Å². The topological polar surface area (TPSA) is 138 Å². The maximum absolute atomic E-state index is 14.4. The molecule has 46 heavy (non-hydrogen) atoms. The predicted molar refractivity (Wildman–Crippen MR) is 173 cm³/mol. The number of pyridine rings is 1. The number of Topliss-reactive ketones (excluding diaryl/α,β-unsaturated/α-hetero) is 1. The van der Waals surface area contributed by atoms with Crippen molar-refractivity contribution >= 4 is 28.2 Å². The molecule has 0 amide bonds. The highest BCUT2D eigenvalue weighted by atomic mass is 16.5. The summed E-state index contributed by atoms with van der Waals surface area (Å²) in [5.74, 6) is 0.300. The Labute approximate surface area is 264 Å². The van der Waals surface area contributed by atoms with Crippen molar-refractivity contribution in [2.75, 3.05) is 47.9 Å². The number of nitrogens with zero attached hydrogens (tertiary/aromatic N) is 1. The van der Waals surface area contributed by atoms with Crippen LogP contribution in [0.15, 0.2) is 83.7 Å². The Hall–Kier alpha value is -5.97. The molecule has 4 aromatic carbocycles. The van der Waals surface area contributed by atoms with Crippen LogP contribution >= 0.6 is 0 Å². The number of methoxy groups -OCH3 is 5. The minimum Gasteiger partial charge on any atom is -0.493 e. The number of hydrogen-bond acceptors (Lipinski definition) is 10. The van der Waals surface area contributed by atoms with Crippen LogP contribution in [0.5, 0.6) is 28.7 Å². The Morgan fingerprint density at radius 2 is 1.33 bits per heavy atom. The lowest BCUT2D eigenvalue weighted by Crippen LogP contribution is -2.27. The van der Waals surface area contributed by atoms with Crippen molar-refractivity contribution in [3.63, 3.8) is 0 Å². The lowest BCUT2D eigenvalue weighted by atomic mass is 9.95. The van der Waals surface area contributed by atoms with E-state index in [9.17, 15) is 14.4 Å². The second-order valence-corrected chi connectivity index (χ2v) is 9.99. The molecule has 5 rings (SSSR count). The number of aromatic nitrogens is 1. The highest BCUT2D eigenvalue weighted by Crippen LogP contribution is 2.45. The van der Waals surface area contributed by atoms with Crippen molar-refractivity contribution in [2.24, 2.45) is 0 Å². The van der Waals surface area contributed by atoms with E-state index < -0.39 is 11.5 Å². The van der Waals surface area contributed by atoms with E-state index in [4.69, 9.17) is 34.2 Å². The summed E-state index contributed by atoms with van der Waals surface area (Å²) in [6, 6.07) is 21.6. The van der Waals surface area contributed by atoms with E-state index in [-0.39, 0.29) is 35.0 Å². The largest absolute Gasteiger partial charge is 0.493 e. The summed E-state index contributed by atoms with van der Waals surface area (Å²) in [5, 5.41) is 0.501. The molecule has 0 saturated carbocycles. The number of ketones is 1. The number of ether oxygens (including phenoxy) is 6. The number of nitrogen functional groups attached to an aromatic ring is 1. The molecule has 0 radical (unpaired) electrons. The van der Waals surface area contributed by atoms with Crippen LogP contribution in [0.2, 0.25) is 0 Å². The predicted octanol–water partition coefficient (Wildman–Crippen LogP) is 5.32. The molecule has 0 aliphatic rings. The van der Waals surface area contributed by atoms with Crippen LogP contribution in [0.1, 0.15) is 20.8 Å². The molecule has 11 nitrogen and oxygen atoms in total. The zero-order chi connectivity index (χ0) is 33.0. The SMILES string of the molecule is COC(=O)c1c(-c2cc(OC)c(OC)c(OC)c2)c2cc(OC)c(OCC(=O)c3ccccc3)cc2c(=O)n1-c1ccc(N)cc1. The Morgan fingerprint density at radius 1 is 0.717 bits per heavy atom. The number of rotatable bonds is 11. The lowest BCUT2D eigenvalue weighted by Gasteiger charge is -2.21. The highest BCUT2D eigenvalue weighted by molar-refractivity contribution is 6.08. The average molecular weight is 625 g/mol. The molecule has 2 N–H and O–H groups in total. The van der Waals surface area contributed by atoms with Crippen LogP contribution in [0.25, 0.3) is 27.6 Å². The van der Waals surface area contributed by atoms with Crippen LogP contribution < -0.4 is 35.0 Å². The fourth-order valence-corrected chi connectivity index (χ4v) is 5.21. The highest BCUT2D eigenvalue weighted by Gasteiger charge is 2.28. The number of benzene rings is 4. The van der Waals surface area contributed by atoms with Crippen molar-refractivity contribution < 1.29 is 38.0 Å². The molecule has 0 saturated heterocycles. The van der Waals surface area contributed by atoms with Gasteiger partial charge in [-0.2, -0.15) is 0 Å². The molecule has 0 aliphatic carbocycles. The number of nitrogens with two attached hydrogens (primary N) is 1. The molecule has 1 aromatic heterocycles. The monoisotopic (exact) mass is 624 g/mol. The van der Waals surface area contributed by atoms with E-state index in [2.05, 4.69) is 0 Å². The zero-order valence-electron chi connectivity index (χ0n) is 25.9. The standard InChI is InChI=1S/C35H32N2O9/c1-41-27-17-24-25(18-28(27)46-19-26(38)20-9-7-6-8-10-20)34(39)37(23-13-11-22(36)12-14-23)32(35(40)45-5)31(24)21-15-29(42-2)33(44-4)30(16-21)43-3/h6-18H,19,36H2,1-5H3. The molecule has 0 unspecified atom stereocenters. The van der Waals surface area contributed by atoms with Gasteiger partial charge < -0.3 is 34.2 Å². The quantitative estimate of drug-likeness (QED) is 0.117. The van der Waals surface area contributed by atoms with Crippen LogP contribution in [0.3, 0.4) is 0 Å². The van der Waals surface area contributed by atoms with Crippen molar-refractivity contribution in [1.82, 2.24) is 4.57 Å². The number of fused-ring (bicyclic) bond motifs is 1. The minimum absolute atomic E-state index is 0.0750. The fraction of sp³-hybridized carbons (Fsp3) is 0.171. The first-order valence-corrected chi connectivity index (χ1v) is 14.0. The number of esters is 1. The van der Waals surface area contributed by atoms with Gasteiger partial charge in [-0.15, -0.1) is 0 Å². The van der Waals surface area contributed by atoms with Crippen LogP contribution in [-0.4, -0.2) is 58.5 Å². The van der Waals surface area contributed by atoms with Crippen molar-refractivity contribution in [3.8, 4) is 45.6 Å².